The van der Waals surface area contributed by atoms with Crippen LogP contribution >= 0.6 is 11.9 Å². The maximum absolute atomic E-state index is 12.0. The molecule has 0 radical (unpaired) electrons. The number of amides is 1. The maximum Gasteiger partial charge on any atom is 0.410 e. The first-order valence-electron chi connectivity index (χ1n) is 10.2. The SMILES string of the molecule is CSN1CC=C(c2ccc(OCC3CCN(C(=O)OC(C)C)CC3)cc2)CC1. The van der Waals surface area contributed by atoms with Gasteiger partial charge >= 0.3 is 6.09 Å². The van der Waals surface area contributed by atoms with E-state index < -0.39 is 0 Å². The van der Waals surface area contributed by atoms with Gasteiger partial charge in [0.15, 0.2) is 0 Å². The van der Waals surface area contributed by atoms with E-state index in [0.717, 1.165) is 51.2 Å². The van der Waals surface area contributed by atoms with Crippen LogP contribution < -0.4 is 4.74 Å². The Morgan fingerprint density at radius 1 is 1.18 bits per heavy atom. The van der Waals surface area contributed by atoms with Gasteiger partial charge in [-0.3, -0.25) is 0 Å². The number of piperidine rings is 1. The molecule has 1 saturated heterocycles. The lowest BCUT2D eigenvalue weighted by molar-refractivity contribution is 0.0608. The van der Waals surface area contributed by atoms with Crippen molar-refractivity contribution in [2.45, 2.75) is 39.2 Å². The Labute approximate surface area is 173 Å². The maximum atomic E-state index is 12.0. The van der Waals surface area contributed by atoms with Crippen LogP contribution in [0.1, 0.15) is 38.7 Å². The third kappa shape index (κ3) is 5.92. The summed E-state index contributed by atoms with van der Waals surface area (Å²) in [4.78, 5) is 13.8. The van der Waals surface area contributed by atoms with Crippen molar-refractivity contribution in [3.63, 3.8) is 0 Å². The summed E-state index contributed by atoms with van der Waals surface area (Å²) in [6.45, 7) is 8.09. The predicted molar refractivity (Wildman–Crippen MR) is 116 cm³/mol. The van der Waals surface area contributed by atoms with Crippen molar-refractivity contribution in [1.29, 1.82) is 0 Å². The van der Waals surface area contributed by atoms with Gasteiger partial charge in [-0.15, -0.1) is 0 Å². The second-order valence-corrected chi connectivity index (χ2v) is 8.63. The first-order valence-corrected chi connectivity index (χ1v) is 11.4. The van der Waals surface area contributed by atoms with Gasteiger partial charge in [0, 0.05) is 26.2 Å². The summed E-state index contributed by atoms with van der Waals surface area (Å²) >= 11 is 1.81. The summed E-state index contributed by atoms with van der Waals surface area (Å²) < 4.78 is 13.7. The zero-order valence-electron chi connectivity index (χ0n) is 17.2. The lowest BCUT2D eigenvalue weighted by Crippen LogP contribution is -2.40. The van der Waals surface area contributed by atoms with E-state index in [-0.39, 0.29) is 12.2 Å². The van der Waals surface area contributed by atoms with Gasteiger partial charge in [-0.25, -0.2) is 9.10 Å². The van der Waals surface area contributed by atoms with Crippen LogP contribution in [0.2, 0.25) is 0 Å². The number of hydrogen-bond acceptors (Lipinski definition) is 5. The summed E-state index contributed by atoms with van der Waals surface area (Å²) in [5, 5.41) is 0. The zero-order valence-corrected chi connectivity index (χ0v) is 18.0. The average Bonchev–Trinajstić information content (AvgIpc) is 2.72. The molecule has 0 saturated carbocycles. The molecule has 1 fully saturated rings. The average molecular weight is 405 g/mol. The summed E-state index contributed by atoms with van der Waals surface area (Å²) in [7, 11) is 0. The molecule has 0 bridgehead atoms. The van der Waals surface area contributed by atoms with Crippen LogP contribution in [0.4, 0.5) is 4.79 Å². The third-order valence-corrected chi connectivity index (χ3v) is 6.20. The van der Waals surface area contributed by atoms with Crippen molar-refractivity contribution in [2.24, 2.45) is 5.92 Å². The number of ether oxygens (including phenoxy) is 2. The molecule has 154 valence electrons. The van der Waals surface area contributed by atoms with Gasteiger partial charge in [0.05, 0.1) is 12.7 Å². The van der Waals surface area contributed by atoms with E-state index in [1.54, 1.807) is 4.90 Å². The van der Waals surface area contributed by atoms with Gasteiger partial charge in [-0.05, 0) is 68.6 Å². The fourth-order valence-corrected chi connectivity index (χ4v) is 4.11. The van der Waals surface area contributed by atoms with Crippen molar-refractivity contribution in [3.8, 4) is 5.75 Å². The molecule has 5 nitrogen and oxygen atoms in total. The lowest BCUT2D eigenvalue weighted by atomic mass is 9.98. The Kier molecular flexibility index (Phi) is 7.68. The topological polar surface area (TPSA) is 42.0 Å². The van der Waals surface area contributed by atoms with Crippen LogP contribution in [0.25, 0.3) is 5.57 Å². The number of hydrogen-bond donors (Lipinski definition) is 0. The highest BCUT2D eigenvalue weighted by atomic mass is 32.2. The Morgan fingerprint density at radius 2 is 1.89 bits per heavy atom. The van der Waals surface area contributed by atoms with Crippen molar-refractivity contribution < 1.29 is 14.3 Å². The van der Waals surface area contributed by atoms with Crippen LogP contribution in [0.15, 0.2) is 30.3 Å². The quantitative estimate of drug-likeness (QED) is 0.644. The number of benzene rings is 1. The Morgan fingerprint density at radius 3 is 2.46 bits per heavy atom. The molecule has 3 rings (SSSR count). The minimum atomic E-state index is -0.192. The first-order chi connectivity index (χ1) is 13.5. The second-order valence-electron chi connectivity index (χ2n) is 7.75. The smallest absolute Gasteiger partial charge is 0.410 e. The Hall–Kier alpha value is -1.66. The van der Waals surface area contributed by atoms with Crippen LogP contribution in [0.5, 0.6) is 5.75 Å². The van der Waals surface area contributed by atoms with Gasteiger partial charge in [0.25, 0.3) is 0 Å². The first kappa shape index (κ1) is 21.1. The molecule has 0 N–H and O–H groups in total. The normalized spacial score (nSPS) is 18.9. The monoisotopic (exact) mass is 404 g/mol. The highest BCUT2D eigenvalue weighted by Gasteiger charge is 2.24. The van der Waals surface area contributed by atoms with E-state index in [1.807, 2.05) is 25.8 Å². The predicted octanol–water partition coefficient (Wildman–Crippen LogP) is 4.69. The van der Waals surface area contributed by atoms with Crippen LogP contribution in [-0.4, -0.2) is 60.4 Å². The summed E-state index contributed by atoms with van der Waals surface area (Å²) in [6, 6.07) is 8.49. The molecular weight excluding hydrogens is 372 g/mol. The van der Waals surface area contributed by atoms with Gasteiger partial charge in [-0.2, -0.15) is 0 Å². The molecule has 2 aliphatic heterocycles. The van der Waals surface area contributed by atoms with Gasteiger partial charge in [0.2, 0.25) is 0 Å². The van der Waals surface area contributed by atoms with E-state index >= 15 is 0 Å². The molecule has 2 aliphatic rings. The molecule has 1 aromatic carbocycles. The van der Waals surface area contributed by atoms with Crippen LogP contribution in [-0.2, 0) is 4.74 Å². The third-order valence-electron chi connectivity index (χ3n) is 5.35. The van der Waals surface area contributed by atoms with E-state index in [1.165, 1.54) is 11.1 Å². The molecule has 0 aliphatic carbocycles. The van der Waals surface area contributed by atoms with Crippen molar-refractivity contribution in [2.75, 3.05) is 39.0 Å². The summed E-state index contributed by atoms with van der Waals surface area (Å²) in [6.07, 6.45) is 7.22. The van der Waals surface area contributed by atoms with Crippen molar-refractivity contribution in [3.05, 3.63) is 35.9 Å². The minimum Gasteiger partial charge on any atom is -0.493 e. The standard InChI is InChI=1S/C22H32N2O3S/c1-17(2)27-22(25)23-12-8-18(9-13-23)16-26-21-6-4-19(5-7-21)20-10-14-24(28-3)15-11-20/h4-7,10,17-18H,8-9,11-16H2,1-3H3. The fraction of sp³-hybridized carbons (Fsp3) is 0.591. The van der Waals surface area contributed by atoms with E-state index in [9.17, 15) is 4.79 Å². The number of rotatable bonds is 6. The number of nitrogens with zero attached hydrogens (tertiary/aromatic N) is 2. The summed E-state index contributed by atoms with van der Waals surface area (Å²) in [5.41, 5.74) is 2.72. The van der Waals surface area contributed by atoms with Crippen LogP contribution in [0.3, 0.4) is 0 Å². The van der Waals surface area contributed by atoms with E-state index in [0.29, 0.717) is 12.5 Å². The van der Waals surface area contributed by atoms with Gasteiger partial charge in [0.1, 0.15) is 5.75 Å². The minimum absolute atomic E-state index is 0.0645. The Balaban J connectivity index is 1.42. The number of likely N-dealkylation sites (tertiary alicyclic amines) is 1. The van der Waals surface area contributed by atoms with E-state index in [4.69, 9.17) is 9.47 Å². The van der Waals surface area contributed by atoms with Gasteiger partial charge < -0.3 is 14.4 Å². The summed E-state index contributed by atoms with van der Waals surface area (Å²) in [5.74, 6) is 1.41. The molecule has 0 atom stereocenters. The second kappa shape index (κ2) is 10.2. The zero-order chi connectivity index (χ0) is 19.9. The molecule has 0 spiro atoms. The van der Waals surface area contributed by atoms with Crippen molar-refractivity contribution >= 4 is 23.6 Å². The molecule has 0 aromatic heterocycles. The lowest BCUT2D eigenvalue weighted by Gasteiger charge is -2.31. The van der Waals surface area contributed by atoms with Crippen molar-refractivity contribution in [1.82, 2.24) is 9.21 Å². The highest BCUT2D eigenvalue weighted by molar-refractivity contribution is 7.96. The molecule has 28 heavy (non-hydrogen) atoms. The molecular formula is C22H32N2O3S. The number of carbonyl (C=O) groups is 1. The molecule has 1 amide bonds. The largest absolute Gasteiger partial charge is 0.493 e. The molecule has 6 heteroatoms. The number of carbonyl (C=O) groups excluding carboxylic acids is 1. The van der Waals surface area contributed by atoms with E-state index in [2.05, 4.69) is 40.9 Å². The highest BCUT2D eigenvalue weighted by Crippen LogP contribution is 2.27. The Bertz CT molecular complexity index is 667. The molecule has 2 heterocycles. The molecule has 1 aromatic rings. The van der Waals surface area contributed by atoms with Crippen LogP contribution in [0, 0.1) is 5.92 Å². The van der Waals surface area contributed by atoms with Gasteiger partial charge in [-0.1, -0.05) is 30.2 Å². The fourth-order valence-electron chi connectivity index (χ4n) is 3.62. The molecule has 0 unspecified atom stereocenters.